The number of carboxylic acid groups (broad SMARTS) is 2. The molecule has 0 radical (unpaired) electrons. The van der Waals surface area contributed by atoms with Gasteiger partial charge in [-0.1, -0.05) is 18.7 Å². The van der Waals surface area contributed by atoms with Crippen LogP contribution >= 0.6 is 0 Å². The first-order chi connectivity index (χ1) is 12.2. The first-order valence-corrected chi connectivity index (χ1v) is 7.68. The summed E-state index contributed by atoms with van der Waals surface area (Å²) in [5.41, 5.74) is -0.0123. The average Bonchev–Trinajstić information content (AvgIpc) is 2.59. The van der Waals surface area contributed by atoms with Crippen LogP contribution in [0, 0.1) is 0 Å². The number of carbonyl (C=O) groups is 4. The van der Waals surface area contributed by atoms with Crippen molar-refractivity contribution in [2.45, 2.75) is 20.3 Å². The SMILES string of the molecule is C=C(C)C(=O)CC(=O)OCCOCC.O=C(O)c1ccccc1C(=O)O. The highest BCUT2D eigenvalue weighted by Crippen LogP contribution is 2.07. The van der Waals surface area contributed by atoms with Gasteiger partial charge in [0.05, 0.1) is 17.7 Å². The van der Waals surface area contributed by atoms with Crippen molar-refractivity contribution in [3.8, 4) is 0 Å². The Morgan fingerprint density at radius 2 is 1.50 bits per heavy atom. The van der Waals surface area contributed by atoms with Crippen LogP contribution in [-0.2, 0) is 19.1 Å². The number of Topliss-reactive ketones (excluding diaryl/α,β-unsaturated/α-hetero) is 1. The molecule has 0 spiro atoms. The second kappa shape index (κ2) is 12.4. The van der Waals surface area contributed by atoms with Gasteiger partial charge in [0.1, 0.15) is 13.0 Å². The first-order valence-electron chi connectivity index (χ1n) is 7.68. The van der Waals surface area contributed by atoms with Crippen LogP contribution in [0.25, 0.3) is 0 Å². The number of ether oxygens (including phenoxy) is 2. The Labute approximate surface area is 151 Å². The minimum absolute atomic E-state index is 0.190. The van der Waals surface area contributed by atoms with Crippen molar-refractivity contribution >= 4 is 23.7 Å². The molecule has 8 nitrogen and oxygen atoms in total. The summed E-state index contributed by atoms with van der Waals surface area (Å²) in [5.74, 6) is -3.27. The fraction of sp³-hybridized carbons (Fsp3) is 0.333. The molecule has 142 valence electrons. The molecule has 0 aliphatic heterocycles. The molecule has 2 N–H and O–H groups in total. The Morgan fingerprint density at radius 1 is 1.00 bits per heavy atom. The van der Waals surface area contributed by atoms with Crippen LogP contribution in [0.3, 0.4) is 0 Å². The number of allylic oxidation sites excluding steroid dienone is 1. The van der Waals surface area contributed by atoms with E-state index in [1.54, 1.807) is 6.92 Å². The van der Waals surface area contributed by atoms with Gasteiger partial charge < -0.3 is 19.7 Å². The summed E-state index contributed by atoms with van der Waals surface area (Å²) in [6.45, 7) is 8.00. The summed E-state index contributed by atoms with van der Waals surface area (Å²) in [6.07, 6.45) is -0.235. The number of esters is 1. The van der Waals surface area contributed by atoms with Crippen molar-refractivity contribution in [1.82, 2.24) is 0 Å². The molecule has 0 unspecified atom stereocenters. The molecule has 0 saturated heterocycles. The lowest BCUT2D eigenvalue weighted by Gasteiger charge is -2.03. The predicted molar refractivity (Wildman–Crippen MR) is 92.3 cm³/mol. The van der Waals surface area contributed by atoms with Gasteiger partial charge in [-0.25, -0.2) is 9.59 Å². The smallest absolute Gasteiger partial charge is 0.336 e. The maximum Gasteiger partial charge on any atom is 0.336 e. The number of benzene rings is 1. The van der Waals surface area contributed by atoms with E-state index in [9.17, 15) is 19.2 Å². The minimum Gasteiger partial charge on any atom is -0.478 e. The zero-order chi connectivity index (χ0) is 20.1. The van der Waals surface area contributed by atoms with Gasteiger partial charge in [0.2, 0.25) is 0 Å². The van der Waals surface area contributed by atoms with Crippen LogP contribution in [0.5, 0.6) is 0 Å². The van der Waals surface area contributed by atoms with Crippen molar-refractivity contribution in [2.75, 3.05) is 19.8 Å². The van der Waals surface area contributed by atoms with Gasteiger partial charge in [-0.05, 0) is 31.6 Å². The standard InChI is InChI=1S/C10H16O4.C8H6O4/c1-4-13-5-6-14-10(12)7-9(11)8(2)3;9-7(10)5-3-1-2-4-6(5)8(11)12/h2,4-7H2,1,3H3;1-4H,(H,9,10)(H,11,12). The molecule has 8 heteroatoms. The van der Waals surface area contributed by atoms with Gasteiger partial charge in [-0.2, -0.15) is 0 Å². The zero-order valence-electron chi connectivity index (χ0n) is 14.7. The summed E-state index contributed by atoms with van der Waals surface area (Å²) in [4.78, 5) is 42.9. The highest BCUT2D eigenvalue weighted by Gasteiger charge is 2.13. The zero-order valence-corrected chi connectivity index (χ0v) is 14.7. The molecule has 0 aliphatic rings. The minimum atomic E-state index is -1.23. The molecule has 0 saturated carbocycles. The summed E-state index contributed by atoms with van der Waals surface area (Å²) in [5, 5.41) is 17.1. The fourth-order valence-electron chi connectivity index (χ4n) is 1.55. The fourth-order valence-corrected chi connectivity index (χ4v) is 1.55. The van der Waals surface area contributed by atoms with E-state index >= 15 is 0 Å². The lowest BCUT2D eigenvalue weighted by atomic mass is 10.1. The van der Waals surface area contributed by atoms with Gasteiger partial charge in [-0.3, -0.25) is 9.59 Å². The third kappa shape index (κ3) is 9.33. The van der Waals surface area contributed by atoms with E-state index in [0.717, 1.165) is 0 Å². The summed E-state index contributed by atoms with van der Waals surface area (Å²) in [7, 11) is 0. The van der Waals surface area contributed by atoms with Crippen LogP contribution in [0.1, 0.15) is 41.0 Å². The molecule has 0 atom stereocenters. The van der Waals surface area contributed by atoms with Crippen LogP contribution in [0.4, 0.5) is 0 Å². The van der Waals surface area contributed by atoms with Crippen molar-refractivity contribution < 1.29 is 38.9 Å². The van der Waals surface area contributed by atoms with Crippen LogP contribution in [-0.4, -0.2) is 53.7 Å². The lowest BCUT2D eigenvalue weighted by molar-refractivity contribution is -0.146. The molecule has 0 amide bonds. The Balaban J connectivity index is 0.000000485. The van der Waals surface area contributed by atoms with E-state index in [-0.39, 0.29) is 29.9 Å². The van der Waals surface area contributed by atoms with Crippen molar-refractivity contribution in [2.24, 2.45) is 0 Å². The molecule has 0 fully saturated rings. The normalized spacial score (nSPS) is 9.46. The van der Waals surface area contributed by atoms with Crippen molar-refractivity contribution in [3.63, 3.8) is 0 Å². The number of rotatable bonds is 9. The maximum absolute atomic E-state index is 11.0. The molecular weight excluding hydrogens is 344 g/mol. The number of aromatic carboxylic acids is 2. The molecule has 1 aromatic carbocycles. The van der Waals surface area contributed by atoms with Gasteiger partial charge in [0.25, 0.3) is 0 Å². The lowest BCUT2D eigenvalue weighted by Crippen LogP contribution is -2.14. The topological polar surface area (TPSA) is 127 Å². The number of carbonyl (C=O) groups excluding carboxylic acids is 2. The maximum atomic E-state index is 11.0. The van der Waals surface area contributed by atoms with Crippen LogP contribution in [0.15, 0.2) is 36.4 Å². The highest BCUT2D eigenvalue weighted by atomic mass is 16.6. The molecule has 0 bridgehead atoms. The first kappa shape index (κ1) is 23.0. The molecule has 1 aromatic rings. The van der Waals surface area contributed by atoms with Gasteiger partial charge in [0.15, 0.2) is 5.78 Å². The number of ketones is 1. The monoisotopic (exact) mass is 366 g/mol. The largest absolute Gasteiger partial charge is 0.478 e. The van der Waals surface area contributed by atoms with Gasteiger partial charge in [0, 0.05) is 6.61 Å². The molecule has 0 aliphatic carbocycles. The third-order valence-corrected chi connectivity index (χ3v) is 2.86. The van der Waals surface area contributed by atoms with Gasteiger partial charge in [-0.15, -0.1) is 0 Å². The van der Waals surface area contributed by atoms with E-state index in [1.807, 2.05) is 6.92 Å². The third-order valence-electron chi connectivity index (χ3n) is 2.86. The summed E-state index contributed by atoms with van der Waals surface area (Å²) in [6, 6.07) is 5.48. The number of carboxylic acids is 2. The molecule has 0 aromatic heterocycles. The summed E-state index contributed by atoms with van der Waals surface area (Å²) >= 11 is 0. The number of hydrogen-bond donors (Lipinski definition) is 2. The Kier molecular flexibility index (Phi) is 10.9. The Morgan fingerprint density at radius 3 is 1.88 bits per heavy atom. The Hall–Kier alpha value is -3.00. The highest BCUT2D eigenvalue weighted by molar-refractivity contribution is 6.04. The second-order valence-electron chi connectivity index (χ2n) is 4.95. The van der Waals surface area contributed by atoms with Crippen LogP contribution < -0.4 is 0 Å². The Bertz CT molecular complexity index is 630. The van der Waals surface area contributed by atoms with Crippen molar-refractivity contribution in [1.29, 1.82) is 0 Å². The molecule has 1 rings (SSSR count). The van der Waals surface area contributed by atoms with Crippen LogP contribution in [0.2, 0.25) is 0 Å². The quantitative estimate of drug-likeness (QED) is 0.295. The molecule has 0 heterocycles. The predicted octanol–water partition coefficient (Wildman–Crippen LogP) is 2.18. The second-order valence-corrected chi connectivity index (χ2v) is 4.95. The van der Waals surface area contributed by atoms with E-state index in [2.05, 4.69) is 6.58 Å². The van der Waals surface area contributed by atoms with E-state index in [1.165, 1.54) is 24.3 Å². The van der Waals surface area contributed by atoms with E-state index < -0.39 is 17.9 Å². The number of hydrogen-bond acceptors (Lipinski definition) is 6. The van der Waals surface area contributed by atoms with Crippen molar-refractivity contribution in [3.05, 3.63) is 47.5 Å². The molecular formula is C18H22O8. The molecule has 26 heavy (non-hydrogen) atoms. The van der Waals surface area contributed by atoms with Gasteiger partial charge >= 0.3 is 17.9 Å². The summed E-state index contributed by atoms with van der Waals surface area (Å²) < 4.78 is 9.70. The average molecular weight is 366 g/mol. The van der Waals surface area contributed by atoms with E-state index in [4.69, 9.17) is 19.7 Å². The van der Waals surface area contributed by atoms with E-state index in [0.29, 0.717) is 18.8 Å².